The van der Waals surface area contributed by atoms with Crippen molar-refractivity contribution in [2.75, 3.05) is 13.1 Å². The summed E-state index contributed by atoms with van der Waals surface area (Å²) < 4.78 is 12.9. The topological polar surface area (TPSA) is 12.0 Å². The third-order valence-corrected chi connectivity index (χ3v) is 2.95. The van der Waals surface area contributed by atoms with E-state index in [2.05, 4.69) is 26.1 Å². The van der Waals surface area contributed by atoms with Gasteiger partial charge >= 0.3 is 0 Å². The van der Waals surface area contributed by atoms with Crippen LogP contribution in [0.4, 0.5) is 4.39 Å². The lowest BCUT2D eigenvalue weighted by Crippen LogP contribution is -2.18. The van der Waals surface area contributed by atoms with Gasteiger partial charge in [0.25, 0.3) is 0 Å². The molecule has 1 rings (SSSR count). The number of rotatable bonds is 5. The molecular formula is C14H19ClFN. The molecule has 0 heterocycles. The molecule has 0 aromatic heterocycles. The number of likely N-dealkylation sites (N-methyl/N-ethyl adjacent to an activating group) is 1. The zero-order chi connectivity index (χ0) is 12.8. The molecule has 0 spiro atoms. The van der Waals surface area contributed by atoms with Crippen molar-refractivity contribution in [1.29, 1.82) is 0 Å². The Morgan fingerprint density at radius 2 is 2.18 bits per heavy atom. The van der Waals surface area contributed by atoms with E-state index in [-0.39, 0.29) is 5.82 Å². The number of benzene rings is 1. The molecule has 0 unspecified atom stereocenters. The molecule has 0 saturated carbocycles. The maximum absolute atomic E-state index is 12.9. The highest BCUT2D eigenvalue weighted by Gasteiger charge is 2.05. The molecule has 0 saturated heterocycles. The Kier molecular flexibility index (Phi) is 5.66. The Labute approximate surface area is 108 Å². The highest BCUT2D eigenvalue weighted by atomic mass is 35.5. The normalized spacial score (nSPS) is 12.2. The van der Waals surface area contributed by atoms with E-state index < -0.39 is 0 Å². The predicted octanol–water partition coefficient (Wildman–Crippen LogP) is 4.13. The van der Waals surface area contributed by atoms with Gasteiger partial charge in [-0.3, -0.25) is 0 Å². The summed E-state index contributed by atoms with van der Waals surface area (Å²) >= 11 is 6.01. The summed E-state index contributed by atoms with van der Waals surface area (Å²) in [7, 11) is 0. The molecule has 0 aliphatic heterocycles. The molecule has 1 aromatic rings. The Morgan fingerprint density at radius 1 is 1.47 bits per heavy atom. The van der Waals surface area contributed by atoms with Gasteiger partial charge in [0.2, 0.25) is 0 Å². The molecule has 0 aliphatic rings. The SMILES string of the molecule is CCNC/C(=C/c1ccc(F)cc1Cl)C(C)C. The minimum atomic E-state index is -0.301. The molecular weight excluding hydrogens is 237 g/mol. The fraction of sp³-hybridized carbons (Fsp3) is 0.429. The first kappa shape index (κ1) is 14.2. The lowest BCUT2D eigenvalue weighted by Gasteiger charge is -2.12. The van der Waals surface area contributed by atoms with Crippen molar-refractivity contribution in [1.82, 2.24) is 5.32 Å². The van der Waals surface area contributed by atoms with Crippen molar-refractivity contribution in [2.24, 2.45) is 5.92 Å². The van der Waals surface area contributed by atoms with Crippen LogP contribution < -0.4 is 5.32 Å². The molecule has 3 heteroatoms. The molecule has 1 nitrogen and oxygen atoms in total. The zero-order valence-corrected chi connectivity index (χ0v) is 11.3. The summed E-state index contributed by atoms with van der Waals surface area (Å²) in [5, 5.41) is 3.75. The molecule has 0 fully saturated rings. The van der Waals surface area contributed by atoms with E-state index in [1.807, 2.05) is 6.08 Å². The van der Waals surface area contributed by atoms with E-state index in [9.17, 15) is 4.39 Å². The summed E-state index contributed by atoms with van der Waals surface area (Å²) in [5.41, 5.74) is 2.13. The first-order valence-corrected chi connectivity index (χ1v) is 6.28. The van der Waals surface area contributed by atoms with Crippen molar-refractivity contribution in [3.05, 3.63) is 40.2 Å². The van der Waals surface area contributed by atoms with Crippen molar-refractivity contribution >= 4 is 17.7 Å². The summed E-state index contributed by atoms with van der Waals surface area (Å²) in [6.45, 7) is 8.12. The van der Waals surface area contributed by atoms with Crippen LogP contribution in [0, 0.1) is 11.7 Å². The Bertz CT molecular complexity index is 399. The van der Waals surface area contributed by atoms with Gasteiger partial charge in [-0.25, -0.2) is 4.39 Å². The van der Waals surface area contributed by atoms with Crippen molar-refractivity contribution < 1.29 is 4.39 Å². The highest BCUT2D eigenvalue weighted by molar-refractivity contribution is 6.32. The monoisotopic (exact) mass is 255 g/mol. The smallest absolute Gasteiger partial charge is 0.124 e. The molecule has 1 aromatic carbocycles. The molecule has 0 atom stereocenters. The van der Waals surface area contributed by atoms with E-state index in [1.165, 1.54) is 17.7 Å². The van der Waals surface area contributed by atoms with E-state index in [1.54, 1.807) is 6.07 Å². The molecule has 17 heavy (non-hydrogen) atoms. The molecule has 0 aliphatic carbocycles. The highest BCUT2D eigenvalue weighted by Crippen LogP contribution is 2.22. The standard InChI is InChI=1S/C14H19ClFN/c1-4-17-9-12(10(2)3)7-11-5-6-13(16)8-14(11)15/h5-8,10,17H,4,9H2,1-3H3/b12-7-. The first-order chi connectivity index (χ1) is 8.04. The minimum Gasteiger partial charge on any atom is -0.313 e. The lowest BCUT2D eigenvalue weighted by molar-refractivity contribution is 0.628. The lowest BCUT2D eigenvalue weighted by atomic mass is 10.00. The summed E-state index contributed by atoms with van der Waals surface area (Å²) in [5.74, 6) is 0.139. The van der Waals surface area contributed by atoms with Crippen LogP contribution >= 0.6 is 11.6 Å². The van der Waals surface area contributed by atoms with Gasteiger partial charge in [0.05, 0.1) is 5.02 Å². The second-order valence-electron chi connectivity index (χ2n) is 4.32. The summed E-state index contributed by atoms with van der Waals surface area (Å²) in [6.07, 6.45) is 2.04. The maximum atomic E-state index is 12.9. The van der Waals surface area contributed by atoms with Gasteiger partial charge in [0.1, 0.15) is 5.82 Å². The van der Waals surface area contributed by atoms with Crippen molar-refractivity contribution in [3.8, 4) is 0 Å². The second-order valence-corrected chi connectivity index (χ2v) is 4.73. The average Bonchev–Trinajstić information content (AvgIpc) is 2.26. The molecule has 0 bridgehead atoms. The van der Waals surface area contributed by atoms with Crippen LogP contribution in [0.5, 0.6) is 0 Å². The fourth-order valence-corrected chi connectivity index (χ4v) is 1.73. The van der Waals surface area contributed by atoms with Gasteiger partial charge in [-0.05, 0) is 30.2 Å². The average molecular weight is 256 g/mol. The third-order valence-electron chi connectivity index (χ3n) is 2.62. The zero-order valence-electron chi connectivity index (χ0n) is 10.6. The van der Waals surface area contributed by atoms with E-state index in [0.717, 1.165) is 18.7 Å². The van der Waals surface area contributed by atoms with Crippen LogP contribution in [0.1, 0.15) is 26.3 Å². The van der Waals surface area contributed by atoms with Crippen molar-refractivity contribution in [3.63, 3.8) is 0 Å². The fourth-order valence-electron chi connectivity index (χ4n) is 1.51. The molecule has 0 radical (unpaired) electrons. The number of hydrogen-bond acceptors (Lipinski definition) is 1. The van der Waals surface area contributed by atoms with Crippen LogP contribution in [0.15, 0.2) is 23.8 Å². The van der Waals surface area contributed by atoms with Crippen LogP contribution in [-0.4, -0.2) is 13.1 Å². The maximum Gasteiger partial charge on any atom is 0.124 e. The quantitative estimate of drug-likeness (QED) is 0.834. The molecule has 0 amide bonds. The Balaban J connectivity index is 2.95. The summed E-state index contributed by atoms with van der Waals surface area (Å²) in [4.78, 5) is 0. The number of halogens is 2. The largest absolute Gasteiger partial charge is 0.313 e. The van der Waals surface area contributed by atoms with Gasteiger partial charge in [0.15, 0.2) is 0 Å². The first-order valence-electron chi connectivity index (χ1n) is 5.90. The Hall–Kier alpha value is -0.860. The van der Waals surface area contributed by atoms with Crippen LogP contribution in [-0.2, 0) is 0 Å². The van der Waals surface area contributed by atoms with Crippen LogP contribution in [0.3, 0.4) is 0 Å². The van der Waals surface area contributed by atoms with Gasteiger partial charge in [-0.2, -0.15) is 0 Å². The second kappa shape index (κ2) is 6.77. The van der Waals surface area contributed by atoms with Gasteiger partial charge in [-0.15, -0.1) is 0 Å². The van der Waals surface area contributed by atoms with E-state index >= 15 is 0 Å². The summed E-state index contributed by atoms with van der Waals surface area (Å²) in [6, 6.07) is 4.49. The third kappa shape index (κ3) is 4.49. The van der Waals surface area contributed by atoms with E-state index in [0.29, 0.717) is 10.9 Å². The van der Waals surface area contributed by atoms with Crippen molar-refractivity contribution in [2.45, 2.75) is 20.8 Å². The van der Waals surface area contributed by atoms with Crippen LogP contribution in [0.2, 0.25) is 5.02 Å². The van der Waals surface area contributed by atoms with E-state index in [4.69, 9.17) is 11.6 Å². The van der Waals surface area contributed by atoms with Gasteiger partial charge < -0.3 is 5.32 Å². The minimum absolute atomic E-state index is 0.301. The number of nitrogens with one attached hydrogen (secondary N) is 1. The Morgan fingerprint density at radius 3 is 2.71 bits per heavy atom. The molecule has 94 valence electrons. The van der Waals surface area contributed by atoms with Gasteiger partial charge in [0, 0.05) is 6.54 Å². The molecule has 1 N–H and O–H groups in total. The van der Waals surface area contributed by atoms with Crippen LogP contribution in [0.25, 0.3) is 6.08 Å². The predicted molar refractivity (Wildman–Crippen MR) is 72.8 cm³/mol. The van der Waals surface area contributed by atoms with Gasteiger partial charge in [-0.1, -0.05) is 50.1 Å². The number of hydrogen-bond donors (Lipinski definition) is 1.